The average molecular weight is 210 g/mol. The van der Waals surface area contributed by atoms with Crippen LogP contribution < -0.4 is 11.2 Å². The lowest BCUT2D eigenvalue weighted by Gasteiger charge is -2.18. The van der Waals surface area contributed by atoms with Gasteiger partial charge < -0.3 is 10.6 Å². The molecule has 1 fully saturated rings. The minimum Gasteiger partial charge on any atom is -0.336 e. The highest BCUT2D eigenvalue weighted by Gasteiger charge is 2.28. The van der Waals surface area contributed by atoms with Gasteiger partial charge >= 0.3 is 0 Å². The highest BCUT2D eigenvalue weighted by Crippen LogP contribution is 2.10. The molecule has 2 aliphatic heterocycles. The third kappa shape index (κ3) is 2.15. The molecule has 2 amide bonds. The molecule has 3 N–H and O–H groups in total. The van der Waals surface area contributed by atoms with Gasteiger partial charge in [0.1, 0.15) is 5.71 Å². The van der Waals surface area contributed by atoms with Crippen molar-refractivity contribution in [1.29, 1.82) is 0 Å². The zero-order valence-electron chi connectivity index (χ0n) is 8.40. The maximum Gasteiger partial charge on any atom is 0.270 e. The van der Waals surface area contributed by atoms with Crippen LogP contribution in [0.1, 0.15) is 19.3 Å². The van der Waals surface area contributed by atoms with Crippen LogP contribution in [0.2, 0.25) is 0 Å². The van der Waals surface area contributed by atoms with Gasteiger partial charge in [0.15, 0.2) is 0 Å². The van der Waals surface area contributed by atoms with E-state index in [-0.39, 0.29) is 17.9 Å². The van der Waals surface area contributed by atoms with Crippen LogP contribution in [0.3, 0.4) is 0 Å². The fourth-order valence-electron chi connectivity index (χ4n) is 1.78. The highest BCUT2D eigenvalue weighted by atomic mass is 16.2. The van der Waals surface area contributed by atoms with E-state index in [1.807, 2.05) is 0 Å². The Labute approximate surface area is 87.5 Å². The van der Waals surface area contributed by atoms with E-state index in [9.17, 15) is 9.59 Å². The van der Waals surface area contributed by atoms with Gasteiger partial charge in [0.25, 0.3) is 5.91 Å². The lowest BCUT2D eigenvalue weighted by molar-refractivity contribution is -0.123. The number of hydrogen-bond acceptors (Lipinski definition) is 4. The van der Waals surface area contributed by atoms with Crippen molar-refractivity contribution in [1.82, 2.24) is 10.3 Å². The van der Waals surface area contributed by atoms with E-state index < -0.39 is 0 Å². The summed E-state index contributed by atoms with van der Waals surface area (Å²) in [6.45, 7) is 1.28. The first-order valence-corrected chi connectivity index (χ1v) is 5.07. The number of nitrogens with one attached hydrogen (secondary N) is 1. The molecule has 6 heteroatoms. The standard InChI is InChI=1S/C9H14N4O2/c10-6-3-4-13(5-6)9(15)7-1-2-8(14)12-11-7/h6H,1-5,10H2,(H,12,14)/t6-/m1/s1. The number of hydrazone groups is 1. The molecule has 0 aromatic carbocycles. The summed E-state index contributed by atoms with van der Waals surface area (Å²) in [7, 11) is 0. The van der Waals surface area contributed by atoms with Crippen LogP contribution in [0.5, 0.6) is 0 Å². The normalized spacial score (nSPS) is 26.2. The fourth-order valence-corrected chi connectivity index (χ4v) is 1.78. The summed E-state index contributed by atoms with van der Waals surface area (Å²) in [4.78, 5) is 24.4. The topological polar surface area (TPSA) is 87.8 Å². The quantitative estimate of drug-likeness (QED) is 0.570. The molecule has 0 unspecified atom stereocenters. The summed E-state index contributed by atoms with van der Waals surface area (Å²) in [5.41, 5.74) is 8.46. The van der Waals surface area contributed by atoms with Crippen molar-refractivity contribution < 1.29 is 9.59 Å². The van der Waals surface area contributed by atoms with E-state index in [1.54, 1.807) is 4.90 Å². The molecule has 0 aliphatic carbocycles. The number of nitrogens with zero attached hydrogens (tertiary/aromatic N) is 2. The third-order valence-electron chi connectivity index (χ3n) is 2.66. The molecule has 2 heterocycles. The van der Waals surface area contributed by atoms with Gasteiger partial charge in [-0.15, -0.1) is 0 Å². The van der Waals surface area contributed by atoms with Gasteiger partial charge in [-0.05, 0) is 6.42 Å². The second-order valence-electron chi connectivity index (χ2n) is 3.89. The maximum atomic E-state index is 11.8. The van der Waals surface area contributed by atoms with E-state index in [0.29, 0.717) is 31.6 Å². The van der Waals surface area contributed by atoms with Gasteiger partial charge in [-0.25, -0.2) is 5.43 Å². The molecule has 1 saturated heterocycles. The Kier molecular flexibility index (Phi) is 2.68. The van der Waals surface area contributed by atoms with Crippen molar-refractivity contribution in [3.63, 3.8) is 0 Å². The van der Waals surface area contributed by atoms with Crippen LogP contribution in [0, 0.1) is 0 Å². The Morgan fingerprint density at radius 2 is 2.33 bits per heavy atom. The SMILES string of the molecule is N[C@@H]1CCN(C(=O)C2=NNC(=O)CC2)C1. The Bertz CT molecular complexity index is 326. The molecular weight excluding hydrogens is 196 g/mol. The van der Waals surface area contributed by atoms with Gasteiger partial charge in [0.05, 0.1) is 0 Å². The molecule has 15 heavy (non-hydrogen) atoms. The van der Waals surface area contributed by atoms with Gasteiger partial charge in [0, 0.05) is 32.0 Å². The Balaban J connectivity index is 1.99. The lowest BCUT2D eigenvalue weighted by Crippen LogP contribution is -2.40. The summed E-state index contributed by atoms with van der Waals surface area (Å²) in [5, 5.41) is 3.77. The molecule has 2 rings (SSSR count). The van der Waals surface area contributed by atoms with Crippen LogP contribution in [0.15, 0.2) is 5.10 Å². The van der Waals surface area contributed by atoms with Crippen LogP contribution in [0.4, 0.5) is 0 Å². The Morgan fingerprint density at radius 3 is 2.87 bits per heavy atom. The summed E-state index contributed by atoms with van der Waals surface area (Å²) >= 11 is 0. The molecule has 1 atom stereocenters. The Hall–Kier alpha value is -1.43. The van der Waals surface area contributed by atoms with Crippen molar-refractivity contribution in [3.8, 4) is 0 Å². The summed E-state index contributed by atoms with van der Waals surface area (Å²) < 4.78 is 0. The second-order valence-corrected chi connectivity index (χ2v) is 3.89. The van der Waals surface area contributed by atoms with Crippen LogP contribution in [-0.2, 0) is 9.59 Å². The lowest BCUT2D eigenvalue weighted by atomic mass is 10.1. The second kappa shape index (κ2) is 3.98. The summed E-state index contributed by atoms with van der Waals surface area (Å²) in [5.74, 6) is -0.229. The van der Waals surface area contributed by atoms with E-state index >= 15 is 0 Å². The Morgan fingerprint density at radius 1 is 1.53 bits per heavy atom. The van der Waals surface area contributed by atoms with Gasteiger partial charge in [-0.3, -0.25) is 9.59 Å². The molecule has 6 nitrogen and oxygen atoms in total. The number of rotatable bonds is 1. The van der Waals surface area contributed by atoms with Gasteiger partial charge in [0.2, 0.25) is 5.91 Å². The van der Waals surface area contributed by atoms with E-state index in [1.165, 1.54) is 0 Å². The first-order valence-electron chi connectivity index (χ1n) is 5.07. The molecule has 82 valence electrons. The van der Waals surface area contributed by atoms with E-state index in [2.05, 4.69) is 10.5 Å². The maximum absolute atomic E-state index is 11.8. The monoisotopic (exact) mass is 210 g/mol. The predicted molar refractivity (Wildman–Crippen MR) is 54.0 cm³/mol. The number of carbonyl (C=O) groups is 2. The van der Waals surface area contributed by atoms with E-state index in [0.717, 1.165) is 6.42 Å². The van der Waals surface area contributed by atoms with Gasteiger partial charge in [-0.2, -0.15) is 5.10 Å². The number of nitrogens with two attached hydrogens (primary N) is 1. The van der Waals surface area contributed by atoms with E-state index in [4.69, 9.17) is 5.73 Å². The van der Waals surface area contributed by atoms with Gasteiger partial charge in [-0.1, -0.05) is 0 Å². The zero-order chi connectivity index (χ0) is 10.8. The molecular formula is C9H14N4O2. The number of amides is 2. The first kappa shape index (κ1) is 10.1. The minimum absolute atomic E-state index is 0.0766. The molecule has 0 bridgehead atoms. The minimum atomic E-state index is -0.135. The molecule has 0 saturated carbocycles. The largest absolute Gasteiger partial charge is 0.336 e. The van der Waals surface area contributed by atoms with Crippen molar-refractivity contribution in [3.05, 3.63) is 0 Å². The highest BCUT2D eigenvalue weighted by molar-refractivity contribution is 6.39. The summed E-state index contributed by atoms with van der Waals surface area (Å²) in [6.07, 6.45) is 1.60. The van der Waals surface area contributed by atoms with Crippen LogP contribution in [0.25, 0.3) is 0 Å². The summed E-state index contributed by atoms with van der Waals surface area (Å²) in [6, 6.07) is 0.0766. The van der Waals surface area contributed by atoms with Crippen molar-refractivity contribution in [2.24, 2.45) is 10.8 Å². The zero-order valence-corrected chi connectivity index (χ0v) is 8.40. The van der Waals surface area contributed by atoms with Crippen LogP contribution in [-0.4, -0.2) is 41.6 Å². The average Bonchev–Trinajstić information content (AvgIpc) is 2.65. The first-order chi connectivity index (χ1) is 7.16. The molecule has 0 aromatic rings. The molecule has 2 aliphatic rings. The number of likely N-dealkylation sites (tertiary alicyclic amines) is 1. The molecule has 0 aromatic heterocycles. The smallest absolute Gasteiger partial charge is 0.270 e. The van der Waals surface area contributed by atoms with Crippen molar-refractivity contribution in [2.75, 3.05) is 13.1 Å². The molecule has 0 spiro atoms. The predicted octanol–water partition coefficient (Wildman–Crippen LogP) is -1.19. The van der Waals surface area contributed by atoms with Crippen molar-refractivity contribution in [2.45, 2.75) is 25.3 Å². The number of hydrogen-bond donors (Lipinski definition) is 2. The fraction of sp³-hybridized carbons (Fsp3) is 0.667. The van der Waals surface area contributed by atoms with Crippen molar-refractivity contribution >= 4 is 17.5 Å². The third-order valence-corrected chi connectivity index (χ3v) is 2.66. The number of carbonyl (C=O) groups excluding carboxylic acids is 2. The van der Waals surface area contributed by atoms with Crippen LogP contribution >= 0.6 is 0 Å². The molecule has 0 radical (unpaired) electrons.